The summed E-state index contributed by atoms with van der Waals surface area (Å²) in [5.41, 5.74) is 2.21. The molecule has 2 aromatic rings. The topological polar surface area (TPSA) is 55.6 Å². The van der Waals surface area contributed by atoms with Crippen molar-refractivity contribution in [2.45, 2.75) is 33.6 Å². The maximum Gasteiger partial charge on any atom is 0.157 e. The summed E-state index contributed by atoms with van der Waals surface area (Å²) in [6, 6.07) is 1.95. The predicted molar refractivity (Wildman–Crippen MR) is 75.5 cm³/mol. The van der Waals surface area contributed by atoms with E-state index < -0.39 is 0 Å². The Morgan fingerprint density at radius 1 is 1.26 bits per heavy atom. The molecule has 1 N–H and O–H groups in total. The van der Waals surface area contributed by atoms with Crippen LogP contribution in [0.3, 0.4) is 0 Å². The second kappa shape index (κ2) is 6.43. The van der Waals surface area contributed by atoms with Gasteiger partial charge in [-0.2, -0.15) is 5.10 Å². The molecule has 0 amide bonds. The zero-order valence-corrected chi connectivity index (χ0v) is 11.8. The zero-order chi connectivity index (χ0) is 13.7. The van der Waals surface area contributed by atoms with Crippen molar-refractivity contribution in [1.82, 2.24) is 25.1 Å². The molecule has 102 valence electrons. The Kier molecular flexibility index (Phi) is 4.63. The molecule has 0 unspecified atom stereocenters. The van der Waals surface area contributed by atoms with E-state index in [2.05, 4.69) is 27.3 Å². The molecule has 19 heavy (non-hydrogen) atoms. The molecular formula is C14H21N5. The van der Waals surface area contributed by atoms with Crippen LogP contribution in [0.1, 0.15) is 30.4 Å². The highest BCUT2D eigenvalue weighted by atomic mass is 15.3. The van der Waals surface area contributed by atoms with Crippen molar-refractivity contribution in [2.24, 2.45) is 0 Å². The zero-order valence-electron chi connectivity index (χ0n) is 11.8. The van der Waals surface area contributed by atoms with Crippen LogP contribution in [0, 0.1) is 13.8 Å². The van der Waals surface area contributed by atoms with Gasteiger partial charge in [-0.1, -0.05) is 6.92 Å². The van der Waals surface area contributed by atoms with E-state index in [4.69, 9.17) is 0 Å². The highest BCUT2D eigenvalue weighted by molar-refractivity contribution is 5.25. The van der Waals surface area contributed by atoms with Crippen LogP contribution < -0.4 is 5.32 Å². The van der Waals surface area contributed by atoms with Crippen molar-refractivity contribution < 1.29 is 0 Å². The van der Waals surface area contributed by atoms with Crippen LogP contribution in [0.5, 0.6) is 0 Å². The summed E-state index contributed by atoms with van der Waals surface area (Å²) >= 11 is 0. The maximum absolute atomic E-state index is 4.40. The lowest BCUT2D eigenvalue weighted by atomic mass is 10.2. The molecule has 5 nitrogen and oxygen atoms in total. The number of aryl methyl sites for hydroxylation is 3. The number of rotatable bonds is 6. The molecule has 0 aliphatic heterocycles. The van der Waals surface area contributed by atoms with Crippen molar-refractivity contribution in [1.29, 1.82) is 0 Å². The number of hydrogen-bond acceptors (Lipinski definition) is 4. The molecule has 0 aliphatic rings. The SMILES string of the molecule is CCNCCCc1cnn(-c2cc(C)nc(C)n2)c1. The van der Waals surface area contributed by atoms with Crippen LogP contribution in [0.15, 0.2) is 18.5 Å². The van der Waals surface area contributed by atoms with Gasteiger partial charge in [0.1, 0.15) is 5.82 Å². The Hall–Kier alpha value is -1.75. The lowest BCUT2D eigenvalue weighted by Gasteiger charge is -2.02. The molecule has 0 aliphatic carbocycles. The van der Waals surface area contributed by atoms with Gasteiger partial charge in [0.05, 0.1) is 6.20 Å². The monoisotopic (exact) mass is 259 g/mol. The second-order valence-electron chi connectivity index (χ2n) is 4.66. The molecule has 0 aromatic carbocycles. The number of hydrogen-bond donors (Lipinski definition) is 1. The minimum absolute atomic E-state index is 0.777. The summed E-state index contributed by atoms with van der Waals surface area (Å²) in [6.45, 7) is 8.07. The van der Waals surface area contributed by atoms with Gasteiger partial charge in [-0.3, -0.25) is 0 Å². The van der Waals surface area contributed by atoms with Crippen LogP contribution in [0.2, 0.25) is 0 Å². The number of aromatic nitrogens is 4. The summed E-state index contributed by atoms with van der Waals surface area (Å²) < 4.78 is 1.82. The predicted octanol–water partition coefficient (Wildman–Crippen LogP) is 1.82. The Bertz CT molecular complexity index is 512. The molecule has 0 bridgehead atoms. The van der Waals surface area contributed by atoms with Crippen LogP contribution in [0.25, 0.3) is 5.82 Å². The van der Waals surface area contributed by atoms with Gasteiger partial charge in [-0.15, -0.1) is 0 Å². The lowest BCUT2D eigenvalue weighted by molar-refractivity contribution is 0.672. The van der Waals surface area contributed by atoms with Gasteiger partial charge >= 0.3 is 0 Å². The molecule has 0 atom stereocenters. The fraction of sp³-hybridized carbons (Fsp3) is 0.500. The molecule has 2 rings (SSSR count). The van der Waals surface area contributed by atoms with E-state index in [0.717, 1.165) is 43.3 Å². The minimum atomic E-state index is 0.777. The van der Waals surface area contributed by atoms with E-state index in [1.54, 1.807) is 0 Å². The highest BCUT2D eigenvalue weighted by Gasteiger charge is 2.04. The fourth-order valence-corrected chi connectivity index (χ4v) is 2.02. The standard InChI is InChI=1S/C14H21N5/c1-4-15-7-5-6-13-9-16-19(10-13)14-8-11(2)17-12(3)18-14/h8-10,15H,4-7H2,1-3H3. The molecule has 2 aromatic heterocycles. The van der Waals surface area contributed by atoms with Gasteiger partial charge in [-0.05, 0) is 45.3 Å². The van der Waals surface area contributed by atoms with Crippen LogP contribution in [-0.4, -0.2) is 32.8 Å². The summed E-state index contributed by atoms with van der Waals surface area (Å²) in [6.07, 6.45) is 6.13. The summed E-state index contributed by atoms with van der Waals surface area (Å²) in [4.78, 5) is 8.68. The van der Waals surface area contributed by atoms with Gasteiger partial charge in [0, 0.05) is 18.0 Å². The van der Waals surface area contributed by atoms with Crippen molar-refractivity contribution in [3.63, 3.8) is 0 Å². The second-order valence-corrected chi connectivity index (χ2v) is 4.66. The molecule has 0 saturated heterocycles. The summed E-state index contributed by atoms with van der Waals surface area (Å²) in [5.74, 6) is 1.61. The maximum atomic E-state index is 4.40. The van der Waals surface area contributed by atoms with E-state index in [-0.39, 0.29) is 0 Å². The molecule has 0 fully saturated rings. The number of nitrogens with one attached hydrogen (secondary N) is 1. The Labute approximate surface area is 114 Å². The minimum Gasteiger partial charge on any atom is -0.317 e. The molecule has 0 spiro atoms. The lowest BCUT2D eigenvalue weighted by Crippen LogP contribution is -2.14. The normalized spacial score (nSPS) is 10.9. The van der Waals surface area contributed by atoms with Gasteiger partial charge in [0.25, 0.3) is 0 Å². The van der Waals surface area contributed by atoms with E-state index in [1.165, 1.54) is 5.56 Å². The van der Waals surface area contributed by atoms with E-state index >= 15 is 0 Å². The van der Waals surface area contributed by atoms with Crippen molar-refractivity contribution in [2.75, 3.05) is 13.1 Å². The van der Waals surface area contributed by atoms with Crippen molar-refractivity contribution in [3.8, 4) is 5.82 Å². The third-order valence-electron chi connectivity index (χ3n) is 2.89. The summed E-state index contributed by atoms with van der Waals surface area (Å²) in [7, 11) is 0. The first kappa shape index (κ1) is 13.7. The van der Waals surface area contributed by atoms with Gasteiger partial charge in [0.2, 0.25) is 0 Å². The van der Waals surface area contributed by atoms with Gasteiger partial charge < -0.3 is 5.32 Å². The van der Waals surface area contributed by atoms with E-state index in [1.807, 2.05) is 37.0 Å². The third kappa shape index (κ3) is 3.86. The first-order valence-corrected chi connectivity index (χ1v) is 6.76. The average molecular weight is 259 g/mol. The largest absolute Gasteiger partial charge is 0.317 e. The Balaban J connectivity index is 2.03. The molecular weight excluding hydrogens is 238 g/mol. The third-order valence-corrected chi connectivity index (χ3v) is 2.89. The highest BCUT2D eigenvalue weighted by Crippen LogP contribution is 2.08. The fourth-order valence-electron chi connectivity index (χ4n) is 2.02. The van der Waals surface area contributed by atoms with E-state index in [0.29, 0.717) is 0 Å². The average Bonchev–Trinajstić information content (AvgIpc) is 2.82. The van der Waals surface area contributed by atoms with E-state index in [9.17, 15) is 0 Å². The number of nitrogens with zero attached hydrogens (tertiary/aromatic N) is 4. The smallest absolute Gasteiger partial charge is 0.157 e. The first-order valence-electron chi connectivity index (χ1n) is 6.76. The Morgan fingerprint density at radius 2 is 2.11 bits per heavy atom. The van der Waals surface area contributed by atoms with Crippen LogP contribution in [-0.2, 0) is 6.42 Å². The van der Waals surface area contributed by atoms with Gasteiger partial charge in [-0.25, -0.2) is 14.6 Å². The van der Waals surface area contributed by atoms with Crippen molar-refractivity contribution in [3.05, 3.63) is 35.5 Å². The molecule has 2 heterocycles. The van der Waals surface area contributed by atoms with Gasteiger partial charge in [0.15, 0.2) is 5.82 Å². The first-order chi connectivity index (χ1) is 9.19. The molecule has 5 heteroatoms. The van der Waals surface area contributed by atoms with Crippen LogP contribution in [0.4, 0.5) is 0 Å². The Morgan fingerprint density at radius 3 is 2.84 bits per heavy atom. The molecule has 0 radical (unpaired) electrons. The summed E-state index contributed by atoms with van der Waals surface area (Å²) in [5, 5.41) is 7.70. The quantitative estimate of drug-likeness (QED) is 0.804. The van der Waals surface area contributed by atoms with Crippen LogP contribution >= 0.6 is 0 Å². The van der Waals surface area contributed by atoms with Crippen molar-refractivity contribution >= 4 is 0 Å². The molecule has 0 saturated carbocycles.